The summed E-state index contributed by atoms with van der Waals surface area (Å²) in [6, 6.07) is 12.4. The first kappa shape index (κ1) is 18.7. The van der Waals surface area contributed by atoms with Crippen LogP contribution in [0.25, 0.3) is 0 Å². The van der Waals surface area contributed by atoms with Crippen molar-refractivity contribution in [1.82, 2.24) is 0 Å². The lowest BCUT2D eigenvalue weighted by Crippen LogP contribution is -2.33. The maximum atomic E-state index is 12.7. The molecule has 2 N–H and O–H groups in total. The van der Waals surface area contributed by atoms with Gasteiger partial charge in [0.2, 0.25) is 5.91 Å². The number of aliphatic carboxylic acids is 1. The van der Waals surface area contributed by atoms with Crippen LogP contribution in [0.4, 0.5) is 5.69 Å². The van der Waals surface area contributed by atoms with Crippen LogP contribution in [0.15, 0.2) is 42.5 Å². The van der Waals surface area contributed by atoms with Crippen LogP contribution >= 0.6 is 0 Å². The summed E-state index contributed by atoms with van der Waals surface area (Å²) in [4.78, 5) is 24.6. The first-order valence-electron chi connectivity index (χ1n) is 8.46. The second-order valence-electron chi connectivity index (χ2n) is 6.23. The van der Waals surface area contributed by atoms with Gasteiger partial charge >= 0.3 is 5.97 Å². The number of amides is 1. The number of hydrogen-bond donors (Lipinski definition) is 2. The number of carbonyl (C=O) groups is 2. The first-order chi connectivity index (χ1) is 13.0. The molecule has 0 saturated heterocycles. The van der Waals surface area contributed by atoms with E-state index < -0.39 is 23.7 Å². The normalized spacial score (nSPS) is 18.8. The lowest BCUT2D eigenvalue weighted by molar-refractivity contribution is -0.146. The Kier molecular flexibility index (Phi) is 5.61. The molecular weight excluding hydrogens is 350 g/mol. The molecule has 0 spiro atoms. The Morgan fingerprint density at radius 2 is 2.00 bits per heavy atom. The van der Waals surface area contributed by atoms with Crippen molar-refractivity contribution in [2.24, 2.45) is 5.92 Å². The third-order valence-corrected chi connectivity index (χ3v) is 4.62. The van der Waals surface area contributed by atoms with Crippen LogP contribution in [0.5, 0.6) is 11.5 Å². The number of nitrogens with one attached hydrogen (secondary N) is 1. The Bertz CT molecular complexity index is 850. The Labute approximate surface area is 156 Å². The predicted octanol–water partition coefficient (Wildman–Crippen LogP) is 2.66. The quantitative estimate of drug-likeness (QED) is 0.599. The van der Waals surface area contributed by atoms with Crippen LogP contribution in [0.1, 0.15) is 17.0 Å². The molecule has 0 radical (unpaired) electrons. The van der Waals surface area contributed by atoms with Crippen molar-refractivity contribution in [3.8, 4) is 11.5 Å². The predicted molar refractivity (Wildman–Crippen MR) is 98.1 cm³/mol. The average molecular weight is 371 g/mol. The summed E-state index contributed by atoms with van der Waals surface area (Å²) in [5.41, 5.74) is 2.12. The zero-order valence-electron chi connectivity index (χ0n) is 15.1. The standard InChI is InChI=1S/C20H21NO6/c1-25-11-27-17-10-13(26-2)7-8-14(17)15-9-12-5-3-4-6-16(12)21-19(22)18(15)20(23)24/h3-8,10,15,18H,9,11H2,1-2H3,(H,21,22)(H,23,24)/t15-,18-/m1/s1. The number of ether oxygens (including phenoxy) is 3. The van der Waals surface area contributed by atoms with Gasteiger partial charge in [-0.2, -0.15) is 0 Å². The third-order valence-electron chi connectivity index (χ3n) is 4.62. The van der Waals surface area contributed by atoms with Gasteiger partial charge in [0.25, 0.3) is 0 Å². The van der Waals surface area contributed by atoms with Gasteiger partial charge in [-0.1, -0.05) is 24.3 Å². The second-order valence-corrected chi connectivity index (χ2v) is 6.23. The summed E-state index contributed by atoms with van der Waals surface area (Å²) < 4.78 is 15.9. The SMILES string of the molecule is COCOc1cc(OC)ccc1[C@H]1Cc2ccccc2NC(=O)[C@@H]1C(=O)O. The Morgan fingerprint density at radius 1 is 1.22 bits per heavy atom. The highest BCUT2D eigenvalue weighted by molar-refractivity contribution is 6.06. The molecule has 1 aliphatic rings. The molecule has 0 unspecified atom stereocenters. The summed E-state index contributed by atoms with van der Waals surface area (Å²) in [5.74, 6) is -2.60. The minimum Gasteiger partial charge on any atom is -0.497 e. The average Bonchev–Trinajstić information content (AvgIpc) is 2.81. The summed E-state index contributed by atoms with van der Waals surface area (Å²) in [6.45, 7) is -0.00654. The van der Waals surface area contributed by atoms with Crippen LogP contribution in [-0.2, 0) is 20.7 Å². The van der Waals surface area contributed by atoms with E-state index in [0.717, 1.165) is 5.56 Å². The smallest absolute Gasteiger partial charge is 0.316 e. The van der Waals surface area contributed by atoms with E-state index in [2.05, 4.69) is 5.32 Å². The molecule has 2 atom stereocenters. The van der Waals surface area contributed by atoms with Crippen molar-refractivity contribution in [1.29, 1.82) is 0 Å². The maximum Gasteiger partial charge on any atom is 0.316 e. The zero-order chi connectivity index (χ0) is 19.4. The highest BCUT2D eigenvalue weighted by Crippen LogP contribution is 2.40. The monoisotopic (exact) mass is 371 g/mol. The van der Waals surface area contributed by atoms with Crippen LogP contribution in [0.3, 0.4) is 0 Å². The van der Waals surface area contributed by atoms with Crippen LogP contribution in [0, 0.1) is 5.92 Å². The van der Waals surface area contributed by atoms with E-state index in [1.165, 1.54) is 14.2 Å². The molecule has 0 bridgehead atoms. The number of carboxylic acids is 1. The highest BCUT2D eigenvalue weighted by atomic mass is 16.7. The number of methoxy groups -OCH3 is 2. The number of hydrogen-bond acceptors (Lipinski definition) is 5. The molecule has 0 fully saturated rings. The van der Waals surface area contributed by atoms with Gasteiger partial charge in [-0.3, -0.25) is 9.59 Å². The number of benzene rings is 2. The number of para-hydroxylation sites is 1. The first-order valence-corrected chi connectivity index (χ1v) is 8.46. The number of carbonyl (C=O) groups excluding carboxylic acids is 1. The lowest BCUT2D eigenvalue weighted by atomic mass is 9.81. The van der Waals surface area contributed by atoms with Gasteiger partial charge in [0.15, 0.2) is 6.79 Å². The minimum atomic E-state index is -1.25. The van der Waals surface area contributed by atoms with E-state index in [-0.39, 0.29) is 6.79 Å². The van der Waals surface area contributed by atoms with E-state index in [1.54, 1.807) is 30.3 Å². The van der Waals surface area contributed by atoms with E-state index in [1.807, 2.05) is 12.1 Å². The van der Waals surface area contributed by atoms with Gasteiger partial charge < -0.3 is 24.6 Å². The van der Waals surface area contributed by atoms with Crippen molar-refractivity contribution in [3.05, 3.63) is 53.6 Å². The summed E-state index contributed by atoms with van der Waals surface area (Å²) in [5, 5.41) is 12.5. The lowest BCUT2D eigenvalue weighted by Gasteiger charge is -2.23. The summed E-state index contributed by atoms with van der Waals surface area (Å²) in [7, 11) is 3.03. The van der Waals surface area contributed by atoms with Crippen molar-refractivity contribution >= 4 is 17.6 Å². The molecule has 0 aliphatic carbocycles. The topological polar surface area (TPSA) is 94.1 Å². The number of rotatable bonds is 6. The Balaban J connectivity index is 2.11. The number of fused-ring (bicyclic) bond motifs is 1. The third kappa shape index (κ3) is 3.88. The van der Waals surface area contributed by atoms with Gasteiger partial charge in [0, 0.05) is 24.8 Å². The molecule has 7 heteroatoms. The van der Waals surface area contributed by atoms with Gasteiger partial charge in [-0.05, 0) is 29.7 Å². The van der Waals surface area contributed by atoms with Crippen LogP contribution in [0.2, 0.25) is 0 Å². The number of anilines is 1. The molecule has 0 saturated carbocycles. The minimum absolute atomic E-state index is 0.00654. The Hall–Kier alpha value is -3.06. The summed E-state index contributed by atoms with van der Waals surface area (Å²) >= 11 is 0. The largest absolute Gasteiger partial charge is 0.497 e. The zero-order valence-corrected chi connectivity index (χ0v) is 15.1. The maximum absolute atomic E-state index is 12.7. The van der Waals surface area contributed by atoms with Gasteiger partial charge in [-0.25, -0.2) is 0 Å². The van der Waals surface area contributed by atoms with Crippen molar-refractivity contribution < 1.29 is 28.9 Å². The molecule has 142 valence electrons. The van der Waals surface area contributed by atoms with Gasteiger partial charge in [-0.15, -0.1) is 0 Å². The molecule has 1 heterocycles. The van der Waals surface area contributed by atoms with E-state index in [4.69, 9.17) is 14.2 Å². The molecule has 2 aromatic rings. The summed E-state index contributed by atoms with van der Waals surface area (Å²) in [6.07, 6.45) is 0.377. The molecule has 3 rings (SSSR count). The fourth-order valence-electron chi connectivity index (χ4n) is 3.34. The fourth-order valence-corrected chi connectivity index (χ4v) is 3.34. The number of carboxylic acid groups (broad SMARTS) is 1. The van der Waals surface area contributed by atoms with Crippen LogP contribution < -0.4 is 14.8 Å². The van der Waals surface area contributed by atoms with Crippen molar-refractivity contribution in [3.63, 3.8) is 0 Å². The molecule has 1 amide bonds. The van der Waals surface area contributed by atoms with Crippen molar-refractivity contribution in [2.45, 2.75) is 12.3 Å². The second kappa shape index (κ2) is 8.09. The van der Waals surface area contributed by atoms with E-state index in [9.17, 15) is 14.7 Å². The molecule has 1 aliphatic heterocycles. The molecule has 27 heavy (non-hydrogen) atoms. The van der Waals surface area contributed by atoms with Crippen molar-refractivity contribution in [2.75, 3.05) is 26.3 Å². The molecular formula is C20H21NO6. The van der Waals surface area contributed by atoms with E-state index >= 15 is 0 Å². The highest BCUT2D eigenvalue weighted by Gasteiger charge is 2.40. The van der Waals surface area contributed by atoms with Crippen LogP contribution in [-0.4, -0.2) is 38.0 Å². The molecule has 2 aromatic carbocycles. The van der Waals surface area contributed by atoms with Gasteiger partial charge in [0.1, 0.15) is 17.4 Å². The molecule has 7 nitrogen and oxygen atoms in total. The Morgan fingerprint density at radius 3 is 2.70 bits per heavy atom. The fraction of sp³-hybridized carbons (Fsp3) is 0.300. The van der Waals surface area contributed by atoms with E-state index in [0.29, 0.717) is 29.2 Å². The molecule has 0 aromatic heterocycles. The van der Waals surface area contributed by atoms with Gasteiger partial charge in [0.05, 0.1) is 7.11 Å².